The van der Waals surface area contributed by atoms with Gasteiger partial charge >= 0.3 is 0 Å². The first-order valence-electron chi connectivity index (χ1n) is 23.3. The van der Waals surface area contributed by atoms with Crippen molar-refractivity contribution in [1.82, 2.24) is 0 Å². The number of terminal acetylenes is 4. The van der Waals surface area contributed by atoms with Crippen molar-refractivity contribution < 1.29 is 5.11 Å². The number of halogens is 1. The summed E-state index contributed by atoms with van der Waals surface area (Å²) in [6.07, 6.45) is 32.6. The highest BCUT2D eigenvalue weighted by Crippen LogP contribution is 2.58. The fraction of sp³-hybridized carbons (Fsp3) is 0.188. The van der Waals surface area contributed by atoms with Gasteiger partial charge in [-0.3, -0.25) is 0 Å². The zero-order valence-electron chi connectivity index (χ0n) is 43.5. The van der Waals surface area contributed by atoms with Gasteiger partial charge < -0.3 is 5.11 Å². The molecule has 0 aliphatic carbocycles. The minimum absolute atomic E-state index is 0.147. The summed E-state index contributed by atoms with van der Waals surface area (Å²) < 4.78 is 0. The Hall–Kier alpha value is -7.46. The number of hydrogen-bond acceptors (Lipinski definition) is 10. The summed E-state index contributed by atoms with van der Waals surface area (Å²) in [6.45, 7) is 6.47. The van der Waals surface area contributed by atoms with Crippen LogP contribution in [0.2, 0.25) is 5.02 Å². The van der Waals surface area contributed by atoms with E-state index in [1.165, 1.54) is 83.0 Å². The summed E-state index contributed by atoms with van der Waals surface area (Å²) in [5.41, 5.74) is 2.36. The normalized spacial score (nSPS) is 8.21. The van der Waals surface area contributed by atoms with Crippen LogP contribution in [0.3, 0.4) is 0 Å². The van der Waals surface area contributed by atoms with E-state index in [4.69, 9.17) is 37.3 Å². The lowest BCUT2D eigenvalue weighted by Crippen LogP contribution is -1.94. The average Bonchev–Trinajstić information content (AvgIpc) is 3.45. The third-order valence-electron chi connectivity index (χ3n) is 8.94. The van der Waals surface area contributed by atoms with Gasteiger partial charge in [-0.1, -0.05) is 92.1 Å². The third-order valence-corrected chi connectivity index (χ3v) is 19.1. The molecule has 0 aromatic heterocycles. The number of phenolic OH excluding ortho intramolecular Hbond substituents is 1. The summed E-state index contributed by atoms with van der Waals surface area (Å²) in [5, 5.41) is 24.8. The molecule has 3 rings (SSSR count). The van der Waals surface area contributed by atoms with Crippen LogP contribution in [0, 0.1) is 238 Å². The van der Waals surface area contributed by atoms with Crippen molar-refractivity contribution >= 4 is 116 Å². The average molecular weight is 1210 g/mol. The van der Waals surface area contributed by atoms with Gasteiger partial charge in [0.2, 0.25) is 0 Å². The minimum atomic E-state index is -0.147. The first kappa shape index (κ1) is 66.8. The monoisotopic (exact) mass is 1210 g/mol. The molecule has 0 spiro atoms. The number of unbranched alkanes of at least 4 members (excludes halogenated alkanes) is 7. The number of rotatable bonds is 20. The maximum atomic E-state index is 12.4. The van der Waals surface area contributed by atoms with Crippen LogP contribution in [0.15, 0.2) is 73.2 Å². The molecule has 1 N–H and O–H groups in total. The molecule has 0 aliphatic rings. The van der Waals surface area contributed by atoms with Crippen LogP contribution in [0.25, 0.3) is 0 Å². The maximum absolute atomic E-state index is 12.4. The molecule has 1 nitrogen and oxygen atoms in total. The van der Waals surface area contributed by atoms with Crippen LogP contribution in [0.4, 0.5) is 0 Å². The highest BCUT2D eigenvalue weighted by Gasteiger charge is 2.27. The lowest BCUT2D eigenvalue weighted by molar-refractivity contribution is 0.444. The Morgan fingerprint density at radius 1 is 0.412 bits per heavy atom. The van der Waals surface area contributed by atoms with Crippen molar-refractivity contribution in [2.45, 2.75) is 121 Å². The smallest absolute Gasteiger partial charge is 0.147 e. The highest BCUT2D eigenvalue weighted by atomic mass is 35.5. The predicted octanol–water partition coefficient (Wildman–Crippen LogP) is 15.3. The molecule has 0 amide bonds. The number of thioether (sulfide) groups is 6. The topological polar surface area (TPSA) is 20.2 Å². The zero-order chi connectivity index (χ0) is 57.7. The fourth-order valence-electron chi connectivity index (χ4n) is 5.81. The van der Waals surface area contributed by atoms with Gasteiger partial charge in [-0.2, -0.15) is 0 Å². The van der Waals surface area contributed by atoms with Gasteiger partial charge in [0.1, 0.15) is 5.75 Å². The van der Waals surface area contributed by atoms with E-state index in [9.17, 15) is 5.11 Å². The van der Waals surface area contributed by atoms with Crippen molar-refractivity contribution in [2.24, 2.45) is 0 Å². The second-order valence-electron chi connectivity index (χ2n) is 14.6. The molecule has 0 unspecified atom stereocenters. The summed E-state index contributed by atoms with van der Waals surface area (Å²) in [6, 6.07) is 8.77. The summed E-state index contributed by atoms with van der Waals surface area (Å²) >= 11 is 17.2. The molecule has 0 bridgehead atoms. The van der Waals surface area contributed by atoms with Gasteiger partial charge in [-0.25, -0.2) is 0 Å². The van der Waals surface area contributed by atoms with Gasteiger partial charge in [-0.15, -0.1) is 49.2 Å². The zero-order valence-corrected chi connectivity index (χ0v) is 51.6. The standard InChI is InChI=1S/C69H39ClOS9/c1-9-14-19-24-29-33-38-43-48-74-66-61(70)65(62(71)67(75-49-44-39-34-30-25-20-15-10-2)69(66)77-51-46-41-36-32-27-22-17-12-4)80-79-60-55-59(72-8)64(78-58-53-56(6)52-57(7)54-58)68(63(60)73-47-42-37-28-23-18-13-5)76-50-45-40-35-31-26-21-16-11-3/h1-2,4-5,52-55,71H,11,16,21,26,31,35,40,45,50H2,3,6-8H3. The van der Waals surface area contributed by atoms with E-state index in [2.05, 4.69) is 250 Å². The Morgan fingerprint density at radius 2 is 0.812 bits per heavy atom. The molecule has 0 fully saturated rings. The van der Waals surface area contributed by atoms with E-state index in [-0.39, 0.29) is 10.8 Å². The molecule has 3 aromatic rings. The van der Waals surface area contributed by atoms with E-state index in [1.807, 2.05) is 11.8 Å². The molecule has 382 valence electrons. The van der Waals surface area contributed by atoms with Crippen LogP contribution < -0.4 is 0 Å². The van der Waals surface area contributed by atoms with Crippen LogP contribution in [-0.2, 0) is 0 Å². The van der Waals surface area contributed by atoms with Crippen molar-refractivity contribution in [3.05, 3.63) is 40.4 Å². The summed E-state index contributed by atoms with van der Waals surface area (Å²) in [5.74, 6) is 77.6. The number of aromatic hydroxyl groups is 1. The van der Waals surface area contributed by atoms with Crippen LogP contribution >= 0.6 is 116 Å². The molecule has 0 radical (unpaired) electrons. The first-order chi connectivity index (χ1) is 39.2. The second kappa shape index (κ2) is 43.4. The summed E-state index contributed by atoms with van der Waals surface area (Å²) in [4.78, 5) is 7.87. The molecule has 80 heavy (non-hydrogen) atoms. The van der Waals surface area contributed by atoms with E-state index >= 15 is 0 Å². The molecule has 0 heterocycles. The maximum Gasteiger partial charge on any atom is 0.147 e. The Balaban J connectivity index is 2.39. The Morgan fingerprint density at radius 3 is 1.26 bits per heavy atom. The van der Waals surface area contributed by atoms with Crippen molar-refractivity contribution in [3.63, 3.8) is 0 Å². The van der Waals surface area contributed by atoms with E-state index in [0.29, 0.717) is 19.6 Å². The first-order valence-corrected chi connectivity index (χ1v) is 32.1. The van der Waals surface area contributed by atoms with Crippen molar-refractivity contribution in [2.75, 3.05) is 12.0 Å². The third kappa shape index (κ3) is 26.9. The largest absolute Gasteiger partial charge is 0.505 e. The lowest BCUT2D eigenvalue weighted by Gasteiger charge is -2.20. The number of hydrogen-bond donors (Lipinski definition) is 1. The molecule has 0 atom stereocenters. The van der Waals surface area contributed by atoms with E-state index < -0.39 is 0 Å². The van der Waals surface area contributed by atoms with Gasteiger partial charge in [0.05, 0.1) is 24.6 Å². The summed E-state index contributed by atoms with van der Waals surface area (Å²) in [7, 11) is 2.71. The van der Waals surface area contributed by atoms with Gasteiger partial charge in [0.25, 0.3) is 0 Å². The Labute approximate surface area is 519 Å². The lowest BCUT2D eigenvalue weighted by atomic mass is 10.1. The van der Waals surface area contributed by atoms with E-state index in [0.717, 1.165) is 83.3 Å². The van der Waals surface area contributed by atoms with Crippen molar-refractivity contribution in [3.8, 4) is 230 Å². The molecule has 3 aromatic carbocycles. The van der Waals surface area contributed by atoms with Crippen LogP contribution in [0.1, 0.15) is 69.4 Å². The fourth-order valence-corrected chi connectivity index (χ4v) is 16.0. The predicted molar refractivity (Wildman–Crippen MR) is 352 cm³/mol. The minimum Gasteiger partial charge on any atom is -0.505 e. The Kier molecular flexibility index (Phi) is 36.3. The quantitative estimate of drug-likeness (QED) is 0.0509. The number of aryl methyl sites for hydroxylation is 2. The number of phenols is 1. The van der Waals surface area contributed by atoms with E-state index in [1.54, 1.807) is 23.5 Å². The SMILES string of the molecule is C#CC#CC#CC#CC#CSc1c(O)c(SSc2cc(SC)c(Sc3cc(C)cc(C)c3)c(SCCCCCCCCCC)c2SC#CC#CC#CC#C)c(Cl)c(SC#CC#CC#CC#CC#C)c1SC#CC#CC#CC#CC#C. The molecule has 11 heteroatoms. The molecular formula is C69H39ClOS9. The van der Waals surface area contributed by atoms with Gasteiger partial charge in [0, 0.05) is 29.4 Å². The molecule has 0 aliphatic heterocycles. The molecular weight excluding hydrogens is 1170 g/mol. The number of benzene rings is 3. The van der Waals surface area contributed by atoms with Crippen LogP contribution in [0.5, 0.6) is 5.75 Å². The molecule has 0 saturated heterocycles. The molecule has 0 saturated carbocycles. The van der Waals surface area contributed by atoms with Gasteiger partial charge in [-0.05, 0) is 318 Å². The second-order valence-corrected chi connectivity index (χ2v) is 23.5. The van der Waals surface area contributed by atoms with Gasteiger partial charge in [0.15, 0.2) is 0 Å². The van der Waals surface area contributed by atoms with Crippen molar-refractivity contribution in [1.29, 1.82) is 0 Å². The van der Waals surface area contributed by atoms with Crippen LogP contribution in [-0.4, -0.2) is 17.1 Å². The Bertz CT molecular complexity index is 3900. The highest BCUT2D eigenvalue weighted by molar-refractivity contribution is 8.76.